The van der Waals surface area contributed by atoms with Gasteiger partial charge in [-0.25, -0.2) is 4.98 Å². The Morgan fingerprint density at radius 3 is 2.63 bits per heavy atom. The van der Waals surface area contributed by atoms with E-state index >= 15 is 0 Å². The summed E-state index contributed by atoms with van der Waals surface area (Å²) in [6.45, 7) is 4.20. The van der Waals surface area contributed by atoms with Gasteiger partial charge in [-0.15, -0.1) is 0 Å². The molecular weight excluding hydrogens is 334 g/mol. The highest BCUT2D eigenvalue weighted by Gasteiger charge is 2.12. The summed E-state index contributed by atoms with van der Waals surface area (Å²) < 4.78 is 0. The van der Waals surface area contributed by atoms with E-state index in [1.807, 2.05) is 30.5 Å². The first-order valence-corrected chi connectivity index (χ1v) is 9.02. The number of fused-ring (bicyclic) bond motifs is 2. The second kappa shape index (κ2) is 6.80. The van der Waals surface area contributed by atoms with Crippen LogP contribution in [0, 0.1) is 13.8 Å². The van der Waals surface area contributed by atoms with E-state index in [0.29, 0.717) is 6.42 Å². The summed E-state index contributed by atoms with van der Waals surface area (Å²) in [7, 11) is 1.65. The van der Waals surface area contributed by atoms with Crippen molar-refractivity contribution >= 4 is 27.7 Å². The van der Waals surface area contributed by atoms with Gasteiger partial charge in [-0.3, -0.25) is 9.78 Å². The molecule has 0 radical (unpaired) electrons. The fraction of sp³-hybridized carbons (Fsp3) is 0.174. The fourth-order valence-corrected chi connectivity index (χ4v) is 3.56. The number of hydrogen-bond donors (Lipinski definition) is 1. The quantitative estimate of drug-likeness (QED) is 0.594. The Balaban J connectivity index is 1.93. The number of carbonyl (C=O) groups excluding carboxylic acids is 1. The molecule has 4 rings (SSSR count). The second-order valence-electron chi connectivity index (χ2n) is 6.85. The molecule has 4 aromatic rings. The van der Waals surface area contributed by atoms with E-state index in [-0.39, 0.29) is 5.91 Å². The van der Waals surface area contributed by atoms with Crippen molar-refractivity contribution in [3.05, 3.63) is 71.4 Å². The van der Waals surface area contributed by atoms with Crippen LogP contribution in [0.5, 0.6) is 0 Å². The molecule has 1 amide bonds. The van der Waals surface area contributed by atoms with Gasteiger partial charge in [0.25, 0.3) is 0 Å². The standard InChI is InChI=1S/C23H21N3O/c1-14-6-9-19-18(5-4-10-25-19)23(14)21-11-15(2)17-8-7-16(12-20(17)26-21)13-22(27)24-3/h4-12H,13H2,1-3H3,(H,24,27). The third-order valence-corrected chi connectivity index (χ3v) is 4.97. The minimum atomic E-state index is -0.00167. The van der Waals surface area contributed by atoms with Gasteiger partial charge in [0.15, 0.2) is 0 Å². The van der Waals surface area contributed by atoms with Crippen molar-refractivity contribution in [3.63, 3.8) is 0 Å². The molecular formula is C23H21N3O. The summed E-state index contributed by atoms with van der Waals surface area (Å²) in [5.41, 5.74) is 7.22. The third-order valence-electron chi connectivity index (χ3n) is 4.97. The third kappa shape index (κ3) is 3.14. The molecule has 2 heterocycles. The van der Waals surface area contributed by atoms with E-state index in [0.717, 1.165) is 38.6 Å². The van der Waals surface area contributed by atoms with E-state index in [9.17, 15) is 4.79 Å². The molecule has 27 heavy (non-hydrogen) atoms. The van der Waals surface area contributed by atoms with Crippen LogP contribution in [-0.2, 0) is 11.2 Å². The molecule has 0 bridgehead atoms. The average molecular weight is 355 g/mol. The first-order chi connectivity index (χ1) is 13.1. The number of benzene rings is 2. The van der Waals surface area contributed by atoms with Gasteiger partial charge in [0, 0.05) is 29.6 Å². The van der Waals surface area contributed by atoms with Crippen LogP contribution in [0.3, 0.4) is 0 Å². The van der Waals surface area contributed by atoms with Crippen LogP contribution >= 0.6 is 0 Å². The Morgan fingerprint density at radius 1 is 0.963 bits per heavy atom. The summed E-state index contributed by atoms with van der Waals surface area (Å²) in [4.78, 5) is 21.2. The van der Waals surface area contributed by atoms with Gasteiger partial charge in [-0.05, 0) is 54.8 Å². The van der Waals surface area contributed by atoms with E-state index in [1.54, 1.807) is 7.05 Å². The summed E-state index contributed by atoms with van der Waals surface area (Å²) in [5, 5.41) is 4.88. The Morgan fingerprint density at radius 2 is 1.81 bits per heavy atom. The molecule has 0 spiro atoms. The predicted molar refractivity (Wildman–Crippen MR) is 110 cm³/mol. The van der Waals surface area contributed by atoms with Crippen molar-refractivity contribution in [2.24, 2.45) is 0 Å². The number of likely N-dealkylation sites (N-methyl/N-ethyl adjacent to an activating group) is 1. The van der Waals surface area contributed by atoms with Gasteiger partial charge in [0.2, 0.25) is 5.91 Å². The summed E-state index contributed by atoms with van der Waals surface area (Å²) >= 11 is 0. The SMILES string of the molecule is CNC(=O)Cc1ccc2c(C)cc(-c3c(C)ccc4ncccc34)nc2c1. The lowest BCUT2D eigenvalue weighted by Crippen LogP contribution is -2.19. The lowest BCUT2D eigenvalue weighted by atomic mass is 9.97. The summed E-state index contributed by atoms with van der Waals surface area (Å²) in [6.07, 6.45) is 2.17. The molecule has 0 fully saturated rings. The van der Waals surface area contributed by atoms with E-state index in [4.69, 9.17) is 4.98 Å². The van der Waals surface area contributed by atoms with Gasteiger partial charge >= 0.3 is 0 Å². The summed E-state index contributed by atoms with van der Waals surface area (Å²) in [6, 6.07) is 16.4. The van der Waals surface area contributed by atoms with Crippen LogP contribution in [-0.4, -0.2) is 22.9 Å². The molecule has 0 unspecified atom stereocenters. The molecule has 0 saturated heterocycles. The number of hydrogen-bond acceptors (Lipinski definition) is 3. The lowest BCUT2D eigenvalue weighted by molar-refractivity contribution is -0.119. The molecule has 4 heteroatoms. The zero-order chi connectivity index (χ0) is 19.0. The van der Waals surface area contributed by atoms with Crippen LogP contribution < -0.4 is 5.32 Å². The molecule has 134 valence electrons. The molecule has 0 aliphatic carbocycles. The zero-order valence-electron chi connectivity index (χ0n) is 15.7. The maximum absolute atomic E-state index is 11.7. The van der Waals surface area contributed by atoms with E-state index < -0.39 is 0 Å². The molecule has 1 N–H and O–H groups in total. The monoisotopic (exact) mass is 355 g/mol. The normalized spacial score (nSPS) is 11.1. The number of rotatable bonds is 3. The molecule has 4 nitrogen and oxygen atoms in total. The lowest BCUT2D eigenvalue weighted by Gasteiger charge is -2.12. The number of aryl methyl sites for hydroxylation is 2. The largest absolute Gasteiger partial charge is 0.359 e. The first-order valence-electron chi connectivity index (χ1n) is 9.02. The molecule has 0 atom stereocenters. The van der Waals surface area contributed by atoms with Crippen LogP contribution in [0.25, 0.3) is 33.1 Å². The number of nitrogens with zero attached hydrogens (tertiary/aromatic N) is 2. The van der Waals surface area contributed by atoms with Crippen LogP contribution in [0.4, 0.5) is 0 Å². The van der Waals surface area contributed by atoms with Crippen molar-refractivity contribution < 1.29 is 4.79 Å². The average Bonchev–Trinajstić information content (AvgIpc) is 2.67. The van der Waals surface area contributed by atoms with Crippen molar-refractivity contribution in [2.45, 2.75) is 20.3 Å². The number of nitrogens with one attached hydrogen (secondary N) is 1. The zero-order valence-corrected chi connectivity index (χ0v) is 15.7. The molecule has 0 aliphatic rings. The Kier molecular flexibility index (Phi) is 4.32. The van der Waals surface area contributed by atoms with Gasteiger partial charge in [-0.1, -0.05) is 24.3 Å². The fourth-order valence-electron chi connectivity index (χ4n) is 3.56. The van der Waals surface area contributed by atoms with Crippen LogP contribution in [0.1, 0.15) is 16.7 Å². The predicted octanol–water partition coefficient (Wildman–Crippen LogP) is 4.36. The molecule has 0 aliphatic heterocycles. The minimum Gasteiger partial charge on any atom is -0.359 e. The highest BCUT2D eigenvalue weighted by Crippen LogP contribution is 2.32. The van der Waals surface area contributed by atoms with Gasteiger partial charge in [0.05, 0.1) is 23.1 Å². The molecule has 2 aromatic carbocycles. The van der Waals surface area contributed by atoms with E-state index in [2.05, 4.69) is 48.4 Å². The van der Waals surface area contributed by atoms with Crippen molar-refractivity contribution in [1.82, 2.24) is 15.3 Å². The number of pyridine rings is 2. The van der Waals surface area contributed by atoms with Gasteiger partial charge in [0.1, 0.15) is 0 Å². The topological polar surface area (TPSA) is 54.9 Å². The highest BCUT2D eigenvalue weighted by molar-refractivity contribution is 5.97. The van der Waals surface area contributed by atoms with Crippen molar-refractivity contribution in [2.75, 3.05) is 7.05 Å². The van der Waals surface area contributed by atoms with Crippen LogP contribution in [0.15, 0.2) is 54.7 Å². The van der Waals surface area contributed by atoms with Crippen molar-refractivity contribution in [1.29, 1.82) is 0 Å². The summed E-state index contributed by atoms with van der Waals surface area (Å²) in [5.74, 6) is -0.00167. The second-order valence-corrected chi connectivity index (χ2v) is 6.85. The van der Waals surface area contributed by atoms with Gasteiger partial charge in [-0.2, -0.15) is 0 Å². The number of aromatic nitrogens is 2. The van der Waals surface area contributed by atoms with E-state index in [1.165, 1.54) is 11.1 Å². The maximum atomic E-state index is 11.7. The smallest absolute Gasteiger partial charge is 0.224 e. The highest BCUT2D eigenvalue weighted by atomic mass is 16.1. The Hall–Kier alpha value is -3.27. The molecule has 0 saturated carbocycles. The Bertz CT molecular complexity index is 1180. The Labute approximate surface area is 158 Å². The maximum Gasteiger partial charge on any atom is 0.224 e. The van der Waals surface area contributed by atoms with Crippen molar-refractivity contribution in [3.8, 4) is 11.3 Å². The number of amides is 1. The molecule has 2 aromatic heterocycles. The van der Waals surface area contributed by atoms with Crippen LogP contribution in [0.2, 0.25) is 0 Å². The first kappa shape index (κ1) is 17.2. The minimum absolute atomic E-state index is 0.00167. The van der Waals surface area contributed by atoms with Gasteiger partial charge < -0.3 is 5.32 Å². The number of carbonyl (C=O) groups is 1.